The summed E-state index contributed by atoms with van der Waals surface area (Å²) >= 11 is 0. The van der Waals surface area contributed by atoms with Gasteiger partial charge in [0.2, 0.25) is 0 Å². The van der Waals surface area contributed by atoms with Crippen LogP contribution in [0.1, 0.15) is 36.9 Å². The van der Waals surface area contributed by atoms with Crippen molar-refractivity contribution < 1.29 is 9.50 Å². The van der Waals surface area contributed by atoms with Gasteiger partial charge in [-0.05, 0) is 56.3 Å². The van der Waals surface area contributed by atoms with Crippen molar-refractivity contribution in [1.29, 1.82) is 0 Å². The molecule has 1 fully saturated rings. The number of rotatable bonds is 4. The lowest BCUT2D eigenvalue weighted by Crippen LogP contribution is -2.37. The molecule has 0 aliphatic heterocycles. The molecule has 1 aromatic rings. The Hall–Kier alpha value is -0.930. The van der Waals surface area contributed by atoms with E-state index in [1.165, 1.54) is 0 Å². The van der Waals surface area contributed by atoms with Crippen molar-refractivity contribution in [2.24, 2.45) is 5.92 Å². The third kappa shape index (κ3) is 3.05. The van der Waals surface area contributed by atoms with E-state index in [0.29, 0.717) is 11.5 Å². The first-order valence-corrected chi connectivity index (χ1v) is 6.23. The molecule has 0 saturated heterocycles. The Labute approximate surface area is 102 Å². The smallest absolute Gasteiger partial charge is 0.126 e. The third-order valence-electron chi connectivity index (χ3n) is 3.62. The van der Waals surface area contributed by atoms with Gasteiger partial charge < -0.3 is 10.4 Å². The van der Waals surface area contributed by atoms with Crippen LogP contribution >= 0.6 is 0 Å². The van der Waals surface area contributed by atoms with E-state index in [1.807, 2.05) is 19.1 Å². The number of aliphatic hydroxyl groups is 1. The Balaban J connectivity index is 1.86. The second-order valence-electron chi connectivity index (χ2n) is 5.13. The molecule has 0 radical (unpaired) electrons. The predicted molar refractivity (Wildman–Crippen MR) is 66.3 cm³/mol. The van der Waals surface area contributed by atoms with Gasteiger partial charge >= 0.3 is 0 Å². The first kappa shape index (κ1) is 12.5. The maximum Gasteiger partial charge on any atom is 0.126 e. The highest BCUT2D eigenvalue weighted by molar-refractivity contribution is 5.25. The van der Waals surface area contributed by atoms with Crippen LogP contribution in [0.25, 0.3) is 0 Å². The molecule has 0 amide bonds. The molecule has 1 unspecified atom stereocenters. The van der Waals surface area contributed by atoms with Crippen LogP contribution in [-0.4, -0.2) is 17.8 Å². The zero-order chi connectivity index (χ0) is 12.4. The zero-order valence-corrected chi connectivity index (χ0v) is 10.4. The summed E-state index contributed by atoms with van der Waals surface area (Å²) in [5.41, 5.74) is 1.66. The van der Waals surface area contributed by atoms with E-state index >= 15 is 0 Å². The fraction of sp³-hybridized carbons (Fsp3) is 0.571. The van der Waals surface area contributed by atoms with Crippen LogP contribution < -0.4 is 5.32 Å². The van der Waals surface area contributed by atoms with E-state index in [1.54, 1.807) is 13.0 Å². The molecule has 3 heteroatoms. The molecule has 2 nitrogen and oxygen atoms in total. The van der Waals surface area contributed by atoms with E-state index in [9.17, 15) is 9.50 Å². The van der Waals surface area contributed by atoms with E-state index in [2.05, 4.69) is 5.32 Å². The van der Waals surface area contributed by atoms with E-state index in [0.717, 1.165) is 24.9 Å². The lowest BCUT2D eigenvalue weighted by molar-refractivity contribution is 0.0420. The van der Waals surface area contributed by atoms with Gasteiger partial charge in [-0.2, -0.15) is 0 Å². The van der Waals surface area contributed by atoms with Crippen molar-refractivity contribution in [2.45, 2.75) is 38.8 Å². The van der Waals surface area contributed by atoms with E-state index < -0.39 is 0 Å². The summed E-state index contributed by atoms with van der Waals surface area (Å²) in [5, 5.41) is 12.6. The van der Waals surface area contributed by atoms with Crippen molar-refractivity contribution in [1.82, 2.24) is 5.32 Å². The van der Waals surface area contributed by atoms with Gasteiger partial charge in [0.15, 0.2) is 0 Å². The molecule has 1 aliphatic carbocycles. The van der Waals surface area contributed by atoms with Gasteiger partial charge in [-0.15, -0.1) is 0 Å². The average Bonchev–Trinajstić information content (AvgIpc) is 2.26. The van der Waals surface area contributed by atoms with Crippen molar-refractivity contribution in [3.63, 3.8) is 0 Å². The van der Waals surface area contributed by atoms with Gasteiger partial charge in [0.1, 0.15) is 5.82 Å². The Kier molecular flexibility index (Phi) is 3.79. The quantitative estimate of drug-likeness (QED) is 0.843. The summed E-state index contributed by atoms with van der Waals surface area (Å²) in [6.45, 7) is 4.71. The van der Waals surface area contributed by atoms with Crippen LogP contribution in [0.15, 0.2) is 18.2 Å². The first-order valence-electron chi connectivity index (χ1n) is 6.23. The zero-order valence-electron chi connectivity index (χ0n) is 10.4. The number of nitrogens with one attached hydrogen (secondary N) is 1. The molecule has 0 aromatic heterocycles. The minimum atomic E-state index is -0.143. The minimum absolute atomic E-state index is 0.103. The average molecular weight is 237 g/mol. The van der Waals surface area contributed by atoms with Crippen LogP contribution in [0.4, 0.5) is 4.39 Å². The number of aryl methyl sites for hydroxylation is 1. The minimum Gasteiger partial charge on any atom is -0.393 e. The lowest BCUT2D eigenvalue weighted by Gasteiger charge is -2.32. The summed E-state index contributed by atoms with van der Waals surface area (Å²) in [5.74, 6) is 0.429. The summed E-state index contributed by atoms with van der Waals surface area (Å²) in [6.07, 6.45) is 1.68. The second kappa shape index (κ2) is 5.15. The van der Waals surface area contributed by atoms with Gasteiger partial charge in [-0.1, -0.05) is 12.1 Å². The normalized spacial score (nSPS) is 25.4. The third-order valence-corrected chi connectivity index (χ3v) is 3.62. The number of aliphatic hydroxyl groups excluding tert-OH is 1. The fourth-order valence-electron chi connectivity index (χ4n) is 2.21. The maximum atomic E-state index is 13.4. The van der Waals surface area contributed by atoms with Crippen molar-refractivity contribution >= 4 is 0 Å². The van der Waals surface area contributed by atoms with Gasteiger partial charge in [0, 0.05) is 6.04 Å². The molecule has 2 N–H and O–H groups in total. The fourth-order valence-corrected chi connectivity index (χ4v) is 2.21. The largest absolute Gasteiger partial charge is 0.393 e. The Morgan fingerprint density at radius 2 is 2.18 bits per heavy atom. The topological polar surface area (TPSA) is 32.3 Å². The molecule has 1 aliphatic rings. The van der Waals surface area contributed by atoms with Gasteiger partial charge in [0.05, 0.1) is 6.10 Å². The van der Waals surface area contributed by atoms with Crippen molar-refractivity contribution in [2.75, 3.05) is 6.54 Å². The molecule has 1 atom stereocenters. The molecular formula is C14H20FNO. The number of hydrogen-bond acceptors (Lipinski definition) is 2. The van der Waals surface area contributed by atoms with E-state index in [4.69, 9.17) is 0 Å². The van der Waals surface area contributed by atoms with Gasteiger partial charge in [-0.3, -0.25) is 0 Å². The first-order chi connectivity index (χ1) is 8.06. The molecular weight excluding hydrogens is 217 g/mol. The van der Waals surface area contributed by atoms with Crippen LogP contribution in [0, 0.1) is 18.7 Å². The predicted octanol–water partition coefficient (Wildman–Crippen LogP) is 2.56. The molecule has 2 rings (SSSR count). The van der Waals surface area contributed by atoms with Crippen LogP contribution in [0.5, 0.6) is 0 Å². The number of benzene rings is 1. The summed E-state index contributed by atoms with van der Waals surface area (Å²) in [6, 6.07) is 5.53. The Morgan fingerprint density at radius 3 is 2.76 bits per heavy atom. The summed E-state index contributed by atoms with van der Waals surface area (Å²) < 4.78 is 13.4. The summed E-state index contributed by atoms with van der Waals surface area (Å²) in [7, 11) is 0. The van der Waals surface area contributed by atoms with E-state index in [-0.39, 0.29) is 18.0 Å². The van der Waals surface area contributed by atoms with Gasteiger partial charge in [0.25, 0.3) is 0 Å². The standard InChI is InChI=1S/C14H20FNO/c1-9-3-4-12(7-14(9)15)10(2)16-8-11-5-13(17)6-11/h3-4,7,10-11,13,16-17H,5-6,8H2,1-2H3. The van der Waals surface area contributed by atoms with Gasteiger partial charge in [-0.25, -0.2) is 4.39 Å². The Bertz CT molecular complexity index is 388. The highest BCUT2D eigenvalue weighted by Crippen LogP contribution is 2.27. The molecule has 94 valence electrons. The molecule has 0 bridgehead atoms. The number of halogens is 1. The number of hydrogen-bond donors (Lipinski definition) is 2. The van der Waals surface area contributed by atoms with Crippen LogP contribution in [-0.2, 0) is 0 Å². The van der Waals surface area contributed by atoms with Crippen molar-refractivity contribution in [3.05, 3.63) is 35.1 Å². The summed E-state index contributed by atoms with van der Waals surface area (Å²) in [4.78, 5) is 0. The molecule has 17 heavy (non-hydrogen) atoms. The van der Waals surface area contributed by atoms with Crippen LogP contribution in [0.2, 0.25) is 0 Å². The molecule has 1 saturated carbocycles. The maximum absolute atomic E-state index is 13.4. The molecule has 1 aromatic carbocycles. The molecule has 0 spiro atoms. The Morgan fingerprint density at radius 1 is 1.47 bits per heavy atom. The van der Waals surface area contributed by atoms with Crippen LogP contribution in [0.3, 0.4) is 0 Å². The highest BCUT2D eigenvalue weighted by Gasteiger charge is 2.26. The highest BCUT2D eigenvalue weighted by atomic mass is 19.1. The monoisotopic (exact) mass is 237 g/mol. The second-order valence-corrected chi connectivity index (χ2v) is 5.13. The molecule has 0 heterocycles. The van der Waals surface area contributed by atoms with Crippen molar-refractivity contribution in [3.8, 4) is 0 Å². The SMILES string of the molecule is Cc1ccc(C(C)NCC2CC(O)C2)cc1F. The lowest BCUT2D eigenvalue weighted by atomic mass is 9.82.